The normalized spacial score (nSPS) is 47.7. The van der Waals surface area contributed by atoms with Crippen molar-refractivity contribution in [3.05, 3.63) is 23.8 Å². The molecule has 102 valence electrons. The van der Waals surface area contributed by atoms with Gasteiger partial charge in [0.05, 0.1) is 17.8 Å². The number of rotatable bonds is 1. The number of aliphatic hydroxyl groups is 3. The zero-order chi connectivity index (χ0) is 13.6. The molecule has 0 aliphatic heterocycles. The highest BCUT2D eigenvalue weighted by Crippen LogP contribution is 2.59. The predicted molar refractivity (Wildman–Crippen MR) is 71.0 cm³/mol. The van der Waals surface area contributed by atoms with Crippen LogP contribution in [0, 0.1) is 11.3 Å². The Kier molecular flexibility index (Phi) is 3.21. The first kappa shape index (κ1) is 13.8. The molecule has 0 unspecified atom stereocenters. The fourth-order valence-corrected chi connectivity index (χ4v) is 3.33. The maximum absolute atomic E-state index is 10.9. The summed E-state index contributed by atoms with van der Waals surface area (Å²) >= 11 is 0. The van der Waals surface area contributed by atoms with E-state index in [-0.39, 0.29) is 17.9 Å². The molecule has 0 aromatic rings. The monoisotopic (exact) mass is 252 g/mol. The number of allylic oxidation sites excluding steroid dienone is 2. The summed E-state index contributed by atoms with van der Waals surface area (Å²) < 4.78 is 0. The van der Waals surface area contributed by atoms with Gasteiger partial charge in [0.2, 0.25) is 0 Å². The van der Waals surface area contributed by atoms with Crippen LogP contribution in [-0.4, -0.2) is 33.1 Å². The van der Waals surface area contributed by atoms with Gasteiger partial charge in [-0.15, -0.1) is 0 Å². The Morgan fingerprint density at radius 2 is 1.89 bits per heavy atom. The van der Waals surface area contributed by atoms with Crippen LogP contribution in [0.2, 0.25) is 0 Å². The number of hydrogen-bond acceptors (Lipinski definition) is 3. The molecule has 2 aliphatic carbocycles. The van der Waals surface area contributed by atoms with Gasteiger partial charge in [-0.3, -0.25) is 0 Å². The summed E-state index contributed by atoms with van der Waals surface area (Å²) in [4.78, 5) is 0. The lowest BCUT2D eigenvalue weighted by atomic mass is 9.48. The van der Waals surface area contributed by atoms with Crippen molar-refractivity contribution in [2.24, 2.45) is 11.3 Å². The Morgan fingerprint density at radius 3 is 2.44 bits per heavy atom. The van der Waals surface area contributed by atoms with Crippen LogP contribution in [0.1, 0.15) is 40.0 Å². The Bertz CT molecular complexity index is 393. The molecule has 0 aromatic carbocycles. The molecule has 1 saturated carbocycles. The second kappa shape index (κ2) is 4.19. The molecule has 3 heteroatoms. The molecule has 0 spiro atoms. The van der Waals surface area contributed by atoms with Crippen molar-refractivity contribution in [1.29, 1.82) is 0 Å². The van der Waals surface area contributed by atoms with Gasteiger partial charge in [-0.05, 0) is 37.2 Å². The standard InChI is InChI=1S/C15H24O3/c1-13(2)9-12-11(10-16)5-4-6-14(3,17)7-8-15(12,13)18/h4-6,12,16-18H,7-10H2,1-3H3/b6-4-,11-5-/t12-,14+,15+/m1/s1. The van der Waals surface area contributed by atoms with Gasteiger partial charge >= 0.3 is 0 Å². The maximum atomic E-state index is 10.9. The van der Waals surface area contributed by atoms with E-state index in [9.17, 15) is 15.3 Å². The van der Waals surface area contributed by atoms with E-state index in [1.807, 2.05) is 6.08 Å². The average molecular weight is 252 g/mol. The van der Waals surface area contributed by atoms with Crippen molar-refractivity contribution >= 4 is 0 Å². The minimum atomic E-state index is -0.895. The molecule has 3 nitrogen and oxygen atoms in total. The van der Waals surface area contributed by atoms with Crippen molar-refractivity contribution in [2.75, 3.05) is 6.61 Å². The number of aliphatic hydroxyl groups excluding tert-OH is 1. The molecule has 1 fully saturated rings. The van der Waals surface area contributed by atoms with Crippen molar-refractivity contribution < 1.29 is 15.3 Å². The van der Waals surface area contributed by atoms with Crippen molar-refractivity contribution in [1.82, 2.24) is 0 Å². The zero-order valence-electron chi connectivity index (χ0n) is 11.5. The molecule has 0 bridgehead atoms. The summed E-state index contributed by atoms with van der Waals surface area (Å²) in [7, 11) is 0. The molecule has 3 N–H and O–H groups in total. The van der Waals surface area contributed by atoms with E-state index >= 15 is 0 Å². The summed E-state index contributed by atoms with van der Waals surface area (Å²) in [5, 5.41) is 30.6. The number of hydrogen-bond donors (Lipinski definition) is 3. The first-order chi connectivity index (χ1) is 8.22. The van der Waals surface area contributed by atoms with Crippen LogP contribution in [0.15, 0.2) is 23.8 Å². The van der Waals surface area contributed by atoms with Crippen LogP contribution >= 0.6 is 0 Å². The Balaban J connectivity index is 2.36. The zero-order valence-corrected chi connectivity index (χ0v) is 11.5. The SMILES string of the molecule is CC1(C)C[C@@H]2/C(CO)=C\C=C/[C@](C)(O)CC[C@]21O. The van der Waals surface area contributed by atoms with E-state index in [4.69, 9.17) is 0 Å². The average Bonchev–Trinajstić information content (AvgIpc) is 2.32. The lowest BCUT2D eigenvalue weighted by molar-refractivity contribution is -0.197. The second-order valence-corrected chi connectivity index (χ2v) is 6.68. The minimum absolute atomic E-state index is 0.0102. The smallest absolute Gasteiger partial charge is 0.0803 e. The predicted octanol–water partition coefficient (Wildman–Crippen LogP) is 1.78. The van der Waals surface area contributed by atoms with Gasteiger partial charge < -0.3 is 15.3 Å². The molecule has 18 heavy (non-hydrogen) atoms. The summed E-state index contributed by atoms with van der Waals surface area (Å²) in [5.74, 6) is 0.0102. The maximum Gasteiger partial charge on any atom is 0.0803 e. The molecule has 0 heterocycles. The Morgan fingerprint density at radius 1 is 1.22 bits per heavy atom. The third kappa shape index (κ3) is 2.04. The molecular formula is C15H24O3. The fourth-order valence-electron chi connectivity index (χ4n) is 3.33. The highest BCUT2D eigenvalue weighted by molar-refractivity contribution is 5.28. The summed E-state index contributed by atoms with van der Waals surface area (Å²) in [6.07, 6.45) is 7.34. The van der Waals surface area contributed by atoms with Crippen LogP contribution in [-0.2, 0) is 0 Å². The molecule has 0 aromatic heterocycles. The number of fused-ring (bicyclic) bond motifs is 1. The molecule has 3 atom stereocenters. The molecular weight excluding hydrogens is 228 g/mol. The Labute approximate surface area is 109 Å². The van der Waals surface area contributed by atoms with E-state index < -0.39 is 11.2 Å². The third-order valence-electron chi connectivity index (χ3n) is 4.87. The summed E-state index contributed by atoms with van der Waals surface area (Å²) in [5.41, 5.74) is -1.01. The van der Waals surface area contributed by atoms with Gasteiger partial charge in [-0.1, -0.05) is 32.1 Å². The largest absolute Gasteiger partial charge is 0.392 e. The first-order valence-electron chi connectivity index (χ1n) is 6.66. The van der Waals surface area contributed by atoms with E-state index in [0.717, 1.165) is 12.0 Å². The minimum Gasteiger partial charge on any atom is -0.392 e. The third-order valence-corrected chi connectivity index (χ3v) is 4.87. The molecule has 0 amide bonds. The van der Waals surface area contributed by atoms with E-state index in [1.54, 1.807) is 19.1 Å². The van der Waals surface area contributed by atoms with Gasteiger partial charge in [0.15, 0.2) is 0 Å². The fraction of sp³-hybridized carbons (Fsp3) is 0.733. The second-order valence-electron chi connectivity index (χ2n) is 6.68. The molecule has 0 saturated heterocycles. The lowest BCUT2D eigenvalue weighted by Gasteiger charge is -2.60. The summed E-state index contributed by atoms with van der Waals surface area (Å²) in [6.45, 7) is 5.83. The van der Waals surface area contributed by atoms with Crippen LogP contribution in [0.3, 0.4) is 0 Å². The van der Waals surface area contributed by atoms with Crippen LogP contribution < -0.4 is 0 Å². The van der Waals surface area contributed by atoms with Crippen molar-refractivity contribution in [3.63, 3.8) is 0 Å². The van der Waals surface area contributed by atoms with E-state index in [0.29, 0.717) is 12.8 Å². The van der Waals surface area contributed by atoms with E-state index in [1.165, 1.54) is 0 Å². The van der Waals surface area contributed by atoms with Crippen molar-refractivity contribution in [3.8, 4) is 0 Å². The molecule has 2 aliphatic rings. The van der Waals surface area contributed by atoms with Gasteiger partial charge in [0.25, 0.3) is 0 Å². The van der Waals surface area contributed by atoms with Gasteiger partial charge in [0, 0.05) is 5.92 Å². The van der Waals surface area contributed by atoms with Gasteiger partial charge in [-0.25, -0.2) is 0 Å². The van der Waals surface area contributed by atoms with Crippen molar-refractivity contribution in [2.45, 2.75) is 51.2 Å². The van der Waals surface area contributed by atoms with Crippen LogP contribution in [0.4, 0.5) is 0 Å². The highest BCUT2D eigenvalue weighted by atomic mass is 16.3. The molecule has 0 radical (unpaired) electrons. The van der Waals surface area contributed by atoms with Crippen LogP contribution in [0.5, 0.6) is 0 Å². The van der Waals surface area contributed by atoms with Gasteiger partial charge in [-0.2, -0.15) is 0 Å². The highest BCUT2D eigenvalue weighted by Gasteiger charge is 2.60. The topological polar surface area (TPSA) is 60.7 Å². The summed E-state index contributed by atoms with van der Waals surface area (Å²) in [6, 6.07) is 0. The van der Waals surface area contributed by atoms with Gasteiger partial charge in [0.1, 0.15) is 0 Å². The first-order valence-corrected chi connectivity index (χ1v) is 6.66. The quantitative estimate of drug-likeness (QED) is 0.666. The van der Waals surface area contributed by atoms with Crippen LogP contribution in [0.25, 0.3) is 0 Å². The Hall–Kier alpha value is -0.640. The molecule has 2 rings (SSSR count). The van der Waals surface area contributed by atoms with E-state index in [2.05, 4.69) is 13.8 Å². The lowest BCUT2D eigenvalue weighted by Crippen LogP contribution is -2.62.